The van der Waals surface area contributed by atoms with Crippen molar-refractivity contribution >= 4 is 40.3 Å². The second kappa shape index (κ2) is 12.9. The molecule has 2 atom stereocenters. The Kier molecular flexibility index (Phi) is 10.6. The van der Waals surface area contributed by atoms with Crippen LogP contribution in [0.2, 0.25) is 0 Å². The molecule has 1 heterocycles. The maximum Gasteiger partial charge on any atom is 0.315 e. The van der Waals surface area contributed by atoms with E-state index < -0.39 is 13.0 Å². The average molecular weight is 458 g/mol. The summed E-state index contributed by atoms with van der Waals surface area (Å²) >= 11 is 6.69. The van der Waals surface area contributed by atoms with E-state index in [1.54, 1.807) is 29.2 Å². The minimum Gasteiger partial charge on any atom is -0.437 e. The van der Waals surface area contributed by atoms with E-state index in [1.165, 1.54) is 32.1 Å². The van der Waals surface area contributed by atoms with Crippen molar-refractivity contribution in [1.82, 2.24) is 4.90 Å². The third-order valence-corrected chi connectivity index (χ3v) is 5.28. The molecule has 1 aromatic rings. The van der Waals surface area contributed by atoms with Gasteiger partial charge in [0.2, 0.25) is 0 Å². The van der Waals surface area contributed by atoms with Gasteiger partial charge in [0.25, 0.3) is 5.91 Å². The Morgan fingerprint density at radius 3 is 2.30 bits per heavy atom. The van der Waals surface area contributed by atoms with Crippen molar-refractivity contribution in [2.45, 2.75) is 26.8 Å². The quantitative estimate of drug-likeness (QED) is 0.267. The van der Waals surface area contributed by atoms with Crippen LogP contribution < -0.4 is 9.47 Å². The molecule has 0 saturated carbocycles. The summed E-state index contributed by atoms with van der Waals surface area (Å²) < 4.78 is 33.2. The van der Waals surface area contributed by atoms with Gasteiger partial charge < -0.3 is 28.4 Å². The van der Waals surface area contributed by atoms with Crippen LogP contribution in [0.5, 0.6) is 11.5 Å². The van der Waals surface area contributed by atoms with E-state index in [2.05, 4.69) is 0 Å². The predicted octanol–water partition coefficient (Wildman–Crippen LogP) is 3.25. The first kappa shape index (κ1) is 24.6. The number of carbonyl (C=O) groups is 1. The molecule has 0 bridgehead atoms. The number of nitrogens with zero attached hydrogens (tertiary/aromatic N) is 1. The first-order valence-electron chi connectivity index (χ1n) is 9.44. The van der Waals surface area contributed by atoms with Crippen LogP contribution in [0.1, 0.15) is 19.4 Å². The minimum absolute atomic E-state index is 0.160. The van der Waals surface area contributed by atoms with Gasteiger partial charge >= 0.3 is 13.0 Å². The molecule has 10 heteroatoms. The number of rotatable bonds is 12. The summed E-state index contributed by atoms with van der Waals surface area (Å²) in [6, 6.07) is 5.18. The number of methoxy groups -OCH3 is 2. The molecule has 1 fully saturated rings. The summed E-state index contributed by atoms with van der Waals surface area (Å²) in [7, 11) is 2.95. The molecule has 1 aromatic carbocycles. The molecule has 166 valence electrons. The summed E-state index contributed by atoms with van der Waals surface area (Å²) in [5.74, 6) is 1.38. The lowest BCUT2D eigenvalue weighted by Gasteiger charge is -2.22. The number of hydrogen-bond acceptors (Lipinski definition) is 9. The van der Waals surface area contributed by atoms with Gasteiger partial charge in [-0.25, -0.2) is 0 Å². The number of amides is 1. The van der Waals surface area contributed by atoms with Crippen LogP contribution in [-0.2, 0) is 23.7 Å². The fourth-order valence-corrected chi connectivity index (χ4v) is 3.67. The van der Waals surface area contributed by atoms with Crippen molar-refractivity contribution in [2.75, 3.05) is 39.7 Å². The third-order valence-electron chi connectivity index (χ3n) is 3.85. The summed E-state index contributed by atoms with van der Waals surface area (Å²) in [6.07, 6.45) is 3.16. The molecule has 2 rings (SSSR count). The van der Waals surface area contributed by atoms with E-state index in [1.807, 2.05) is 13.8 Å². The maximum absolute atomic E-state index is 12.4. The van der Waals surface area contributed by atoms with Crippen molar-refractivity contribution in [3.8, 4) is 11.5 Å². The second-order valence-corrected chi connectivity index (χ2v) is 7.57. The molecule has 0 unspecified atom stereocenters. The van der Waals surface area contributed by atoms with Gasteiger partial charge in [0.15, 0.2) is 11.5 Å². The molecule has 1 aliphatic rings. The zero-order chi connectivity index (χ0) is 21.9. The van der Waals surface area contributed by atoms with Crippen LogP contribution >= 0.6 is 24.0 Å². The van der Waals surface area contributed by atoms with Crippen molar-refractivity contribution < 1.29 is 33.2 Å². The van der Waals surface area contributed by atoms with Crippen LogP contribution in [0.4, 0.5) is 0 Å². The van der Waals surface area contributed by atoms with Crippen molar-refractivity contribution in [2.24, 2.45) is 0 Å². The van der Waals surface area contributed by atoms with Crippen LogP contribution in [0, 0.1) is 0 Å². The van der Waals surface area contributed by atoms with E-state index in [0.717, 1.165) is 11.3 Å². The van der Waals surface area contributed by atoms with Crippen LogP contribution in [-0.4, -0.2) is 67.8 Å². The molecule has 0 aromatic heterocycles. The Labute approximate surface area is 186 Å². The second-order valence-electron chi connectivity index (χ2n) is 5.84. The van der Waals surface area contributed by atoms with Gasteiger partial charge in [0.05, 0.1) is 13.2 Å². The van der Waals surface area contributed by atoms with Crippen LogP contribution in [0.25, 0.3) is 6.08 Å². The number of carbonyl (C=O) groups excluding carboxylic acids is 1. The fourth-order valence-electron chi connectivity index (χ4n) is 2.45. The largest absolute Gasteiger partial charge is 0.437 e. The Hall–Kier alpha value is -1.69. The molecule has 8 nitrogen and oxygen atoms in total. The number of hydrogen-bond donors (Lipinski definition) is 0. The topological polar surface area (TPSA) is 75.7 Å². The molecular weight excluding hydrogens is 430 g/mol. The fraction of sp³-hybridized carbons (Fsp3) is 0.500. The molecular formula is C20H27NO7S2. The zero-order valence-corrected chi connectivity index (χ0v) is 19.1. The monoisotopic (exact) mass is 457 g/mol. The molecule has 0 radical (unpaired) electrons. The lowest BCUT2D eigenvalue weighted by atomic mass is 10.2. The highest BCUT2D eigenvalue weighted by molar-refractivity contribution is 8.23. The molecule has 1 aliphatic heterocycles. The normalized spacial score (nSPS) is 16.1. The molecule has 0 N–H and O–H groups in total. The van der Waals surface area contributed by atoms with E-state index >= 15 is 0 Å². The lowest BCUT2D eigenvalue weighted by Crippen LogP contribution is -2.28. The minimum atomic E-state index is -0.926. The van der Waals surface area contributed by atoms with E-state index in [0.29, 0.717) is 35.6 Å². The summed E-state index contributed by atoms with van der Waals surface area (Å²) in [6.45, 7) is 3.26. The molecule has 1 saturated heterocycles. The summed E-state index contributed by atoms with van der Waals surface area (Å²) in [4.78, 5) is 13.9. The Bertz CT molecular complexity index is 744. The van der Waals surface area contributed by atoms with Gasteiger partial charge in [0, 0.05) is 32.6 Å². The van der Waals surface area contributed by atoms with Crippen LogP contribution in [0.15, 0.2) is 24.3 Å². The SMILES string of the molecule is CCO[C@H](OC)Oc1ccc(/C=C/C(=O)N2CCSC2=S)cc1O[C@@H](OC)OCC. The summed E-state index contributed by atoms with van der Waals surface area (Å²) in [5, 5.41) is 0. The predicted molar refractivity (Wildman–Crippen MR) is 118 cm³/mol. The van der Waals surface area contributed by atoms with Crippen molar-refractivity contribution in [1.29, 1.82) is 0 Å². The van der Waals surface area contributed by atoms with Crippen molar-refractivity contribution in [3.05, 3.63) is 29.8 Å². The van der Waals surface area contributed by atoms with E-state index in [9.17, 15) is 4.79 Å². The van der Waals surface area contributed by atoms with E-state index in [-0.39, 0.29) is 5.91 Å². The third kappa shape index (κ3) is 7.22. The van der Waals surface area contributed by atoms with E-state index in [4.69, 9.17) is 40.6 Å². The Morgan fingerprint density at radius 1 is 1.13 bits per heavy atom. The standard InChI is InChI=1S/C20H27NO7S2/c1-5-25-19(23-3)27-15-9-7-14(13-16(15)28-20(24-4)26-6-2)8-10-17(22)21-11-12-30-18(21)29/h7-10,13,19-20H,5-6,11-12H2,1-4H3/b10-8+/t19-,20-/m0/s1. The van der Waals surface area contributed by atoms with Gasteiger partial charge in [-0.15, -0.1) is 0 Å². The Morgan fingerprint density at radius 2 is 1.77 bits per heavy atom. The average Bonchev–Trinajstić information content (AvgIpc) is 3.18. The van der Waals surface area contributed by atoms with Crippen LogP contribution in [0.3, 0.4) is 0 Å². The molecule has 0 aliphatic carbocycles. The summed E-state index contributed by atoms with van der Waals surface area (Å²) in [5.41, 5.74) is 0.722. The van der Waals surface area contributed by atoms with Gasteiger partial charge in [-0.1, -0.05) is 30.0 Å². The first-order chi connectivity index (χ1) is 14.5. The van der Waals surface area contributed by atoms with Gasteiger partial charge in [-0.05, 0) is 37.6 Å². The molecule has 1 amide bonds. The number of benzene rings is 1. The van der Waals surface area contributed by atoms with Gasteiger partial charge in [-0.2, -0.15) is 0 Å². The number of ether oxygens (including phenoxy) is 6. The molecule has 0 spiro atoms. The van der Waals surface area contributed by atoms with Gasteiger partial charge in [0.1, 0.15) is 4.32 Å². The highest BCUT2D eigenvalue weighted by Gasteiger charge is 2.22. The van der Waals surface area contributed by atoms with Crippen molar-refractivity contribution in [3.63, 3.8) is 0 Å². The highest BCUT2D eigenvalue weighted by atomic mass is 32.2. The Balaban J connectivity index is 2.22. The smallest absolute Gasteiger partial charge is 0.315 e. The number of thioether (sulfide) groups is 1. The van der Waals surface area contributed by atoms with Gasteiger partial charge in [-0.3, -0.25) is 9.69 Å². The first-order valence-corrected chi connectivity index (χ1v) is 10.8. The number of thiocarbonyl (C=S) groups is 1. The molecule has 30 heavy (non-hydrogen) atoms. The lowest BCUT2D eigenvalue weighted by molar-refractivity contribution is -0.241. The maximum atomic E-state index is 12.4. The zero-order valence-electron chi connectivity index (χ0n) is 17.5. The highest BCUT2D eigenvalue weighted by Crippen LogP contribution is 2.31.